The Morgan fingerprint density at radius 1 is 1.00 bits per heavy atom. The largest absolute Gasteiger partial charge is 0.316 e. The van der Waals surface area contributed by atoms with Gasteiger partial charge in [-0.15, -0.1) is 0 Å². The van der Waals surface area contributed by atoms with Gasteiger partial charge in [-0.2, -0.15) is 5.48 Å². The molecule has 3 nitrogen and oxygen atoms in total. The minimum atomic E-state index is -0.376. The van der Waals surface area contributed by atoms with Crippen molar-refractivity contribution in [2.45, 2.75) is 12.5 Å². The molecule has 2 rings (SSSR count). The maximum absolute atomic E-state index is 12.0. The zero-order valence-electron chi connectivity index (χ0n) is 9.91. The summed E-state index contributed by atoms with van der Waals surface area (Å²) in [5.74, 6) is 0.00556. The molecule has 2 aromatic rings. The van der Waals surface area contributed by atoms with E-state index in [1.54, 1.807) is 12.1 Å². The summed E-state index contributed by atoms with van der Waals surface area (Å²) in [5.41, 5.74) is 3.75. The van der Waals surface area contributed by atoms with Crippen LogP contribution in [0.3, 0.4) is 0 Å². The summed E-state index contributed by atoms with van der Waals surface area (Å²) in [5, 5.41) is 9.17. The fourth-order valence-electron chi connectivity index (χ4n) is 1.85. The first-order valence-corrected chi connectivity index (χ1v) is 5.84. The molecule has 0 bridgehead atoms. The highest BCUT2D eigenvalue weighted by Gasteiger charge is 2.15. The van der Waals surface area contributed by atoms with E-state index in [9.17, 15) is 10.0 Å². The zero-order chi connectivity index (χ0) is 12.8. The van der Waals surface area contributed by atoms with Gasteiger partial charge in [0.15, 0.2) is 5.78 Å². The lowest BCUT2D eigenvalue weighted by molar-refractivity contribution is 0.0869. The molecule has 0 radical (unpaired) electrons. The average molecular weight is 241 g/mol. The van der Waals surface area contributed by atoms with Gasteiger partial charge in [-0.05, 0) is 5.56 Å². The number of hydrogen-bond acceptors (Lipinski definition) is 3. The third-order valence-electron chi connectivity index (χ3n) is 2.84. The van der Waals surface area contributed by atoms with Crippen molar-refractivity contribution in [3.8, 4) is 0 Å². The fraction of sp³-hybridized carbons (Fsp3) is 0.133. The monoisotopic (exact) mass is 241 g/mol. The van der Waals surface area contributed by atoms with Gasteiger partial charge in [0.2, 0.25) is 0 Å². The number of rotatable bonds is 5. The summed E-state index contributed by atoms with van der Waals surface area (Å²) in [6.07, 6.45) is 0.227. The molecule has 18 heavy (non-hydrogen) atoms. The van der Waals surface area contributed by atoms with Crippen molar-refractivity contribution in [3.05, 3.63) is 71.8 Å². The van der Waals surface area contributed by atoms with E-state index >= 15 is 0 Å². The summed E-state index contributed by atoms with van der Waals surface area (Å²) in [6.45, 7) is 0. The number of nitrogens with one attached hydrogen (secondary N) is 1. The Balaban J connectivity index is 2.10. The van der Waals surface area contributed by atoms with Gasteiger partial charge in [-0.3, -0.25) is 4.79 Å². The van der Waals surface area contributed by atoms with Gasteiger partial charge >= 0.3 is 0 Å². The Labute approximate surface area is 106 Å². The number of carbonyl (C=O) groups excluding carboxylic acids is 1. The third kappa shape index (κ3) is 3.03. The first kappa shape index (κ1) is 12.5. The van der Waals surface area contributed by atoms with Crippen molar-refractivity contribution in [1.29, 1.82) is 0 Å². The van der Waals surface area contributed by atoms with E-state index in [1.807, 2.05) is 48.5 Å². The second kappa shape index (κ2) is 6.10. The normalized spacial score (nSPS) is 12.1. The second-order valence-corrected chi connectivity index (χ2v) is 4.09. The van der Waals surface area contributed by atoms with Gasteiger partial charge in [0.1, 0.15) is 0 Å². The predicted molar refractivity (Wildman–Crippen MR) is 69.5 cm³/mol. The molecule has 0 aliphatic carbocycles. The third-order valence-corrected chi connectivity index (χ3v) is 2.84. The molecule has 0 aliphatic rings. The van der Waals surface area contributed by atoms with Crippen LogP contribution in [0.5, 0.6) is 0 Å². The molecule has 0 saturated heterocycles. The van der Waals surface area contributed by atoms with Crippen LogP contribution in [-0.4, -0.2) is 11.0 Å². The van der Waals surface area contributed by atoms with Crippen LogP contribution >= 0.6 is 0 Å². The molecule has 1 atom stereocenters. The molecule has 0 aliphatic heterocycles. The lowest BCUT2D eigenvalue weighted by Crippen LogP contribution is -2.20. The number of Topliss-reactive ketones (excluding diaryl/α,β-unsaturated/α-hetero) is 1. The van der Waals surface area contributed by atoms with Gasteiger partial charge in [0.05, 0.1) is 6.04 Å². The van der Waals surface area contributed by atoms with Crippen molar-refractivity contribution in [2.75, 3.05) is 0 Å². The van der Waals surface area contributed by atoms with Crippen molar-refractivity contribution in [2.24, 2.45) is 0 Å². The predicted octanol–water partition coefficient (Wildman–Crippen LogP) is 2.98. The molecule has 0 heterocycles. The molecule has 3 heteroatoms. The Morgan fingerprint density at radius 3 is 2.11 bits per heavy atom. The van der Waals surface area contributed by atoms with Crippen LogP contribution in [0.15, 0.2) is 60.7 Å². The van der Waals surface area contributed by atoms with Gasteiger partial charge in [0.25, 0.3) is 0 Å². The highest BCUT2D eigenvalue weighted by molar-refractivity contribution is 5.96. The van der Waals surface area contributed by atoms with E-state index in [2.05, 4.69) is 5.48 Å². The van der Waals surface area contributed by atoms with Crippen molar-refractivity contribution >= 4 is 5.78 Å². The SMILES string of the molecule is O=C(CC(NO)c1ccccc1)c1ccccc1. The minimum absolute atomic E-state index is 0.00556. The summed E-state index contributed by atoms with van der Waals surface area (Å²) >= 11 is 0. The van der Waals surface area contributed by atoms with Gasteiger partial charge in [-0.25, -0.2) is 0 Å². The van der Waals surface area contributed by atoms with E-state index in [0.29, 0.717) is 5.56 Å². The van der Waals surface area contributed by atoms with Crippen LogP contribution in [0.1, 0.15) is 28.4 Å². The van der Waals surface area contributed by atoms with Crippen LogP contribution in [0.2, 0.25) is 0 Å². The molecule has 0 fully saturated rings. The van der Waals surface area contributed by atoms with E-state index in [0.717, 1.165) is 5.56 Å². The molecule has 0 aromatic heterocycles. The first-order chi connectivity index (χ1) is 8.81. The molecular weight excluding hydrogens is 226 g/mol. The van der Waals surface area contributed by atoms with Gasteiger partial charge in [0, 0.05) is 12.0 Å². The van der Waals surface area contributed by atoms with E-state index in [-0.39, 0.29) is 18.2 Å². The Kier molecular flexibility index (Phi) is 4.23. The van der Waals surface area contributed by atoms with Gasteiger partial charge in [-0.1, -0.05) is 60.7 Å². The van der Waals surface area contributed by atoms with Crippen molar-refractivity contribution in [1.82, 2.24) is 5.48 Å². The molecule has 92 valence electrons. The molecule has 0 amide bonds. The van der Waals surface area contributed by atoms with Crippen LogP contribution in [0, 0.1) is 0 Å². The van der Waals surface area contributed by atoms with E-state index in [4.69, 9.17) is 0 Å². The molecule has 1 unspecified atom stereocenters. The molecule has 0 saturated carbocycles. The minimum Gasteiger partial charge on any atom is -0.316 e. The van der Waals surface area contributed by atoms with Crippen molar-refractivity contribution < 1.29 is 10.0 Å². The van der Waals surface area contributed by atoms with Crippen LogP contribution in [0.25, 0.3) is 0 Å². The quantitative estimate of drug-likeness (QED) is 0.625. The lowest BCUT2D eigenvalue weighted by atomic mass is 9.99. The second-order valence-electron chi connectivity index (χ2n) is 4.09. The topological polar surface area (TPSA) is 49.3 Å². The molecular formula is C15H15NO2. The maximum Gasteiger partial charge on any atom is 0.164 e. The average Bonchev–Trinajstić information content (AvgIpc) is 2.46. The number of carbonyl (C=O) groups is 1. The zero-order valence-corrected chi connectivity index (χ0v) is 9.91. The first-order valence-electron chi connectivity index (χ1n) is 5.84. The van der Waals surface area contributed by atoms with Crippen molar-refractivity contribution in [3.63, 3.8) is 0 Å². The van der Waals surface area contributed by atoms with E-state index < -0.39 is 0 Å². The van der Waals surface area contributed by atoms with Crippen LogP contribution < -0.4 is 5.48 Å². The Bertz CT molecular complexity index is 496. The highest BCUT2D eigenvalue weighted by atomic mass is 16.5. The Morgan fingerprint density at radius 2 is 1.56 bits per heavy atom. The summed E-state index contributed by atoms with van der Waals surface area (Å²) in [7, 11) is 0. The number of ketones is 1. The summed E-state index contributed by atoms with van der Waals surface area (Å²) < 4.78 is 0. The fourth-order valence-corrected chi connectivity index (χ4v) is 1.85. The standard InChI is InChI=1S/C15H15NO2/c17-15(13-9-5-2-6-10-13)11-14(16-18)12-7-3-1-4-8-12/h1-10,14,16,18H,11H2. The van der Waals surface area contributed by atoms with E-state index in [1.165, 1.54) is 0 Å². The smallest absolute Gasteiger partial charge is 0.164 e. The van der Waals surface area contributed by atoms with Gasteiger partial charge < -0.3 is 5.21 Å². The number of hydrogen-bond donors (Lipinski definition) is 2. The maximum atomic E-state index is 12.0. The lowest BCUT2D eigenvalue weighted by Gasteiger charge is -2.14. The molecule has 2 N–H and O–H groups in total. The van der Waals surface area contributed by atoms with Crippen LogP contribution in [-0.2, 0) is 0 Å². The van der Waals surface area contributed by atoms with Crippen LogP contribution in [0.4, 0.5) is 0 Å². The molecule has 0 spiro atoms. The number of hydroxylamine groups is 1. The Hall–Kier alpha value is -1.97. The summed E-state index contributed by atoms with van der Waals surface area (Å²) in [6, 6.07) is 18.1. The summed E-state index contributed by atoms with van der Waals surface area (Å²) in [4.78, 5) is 12.0. The highest BCUT2D eigenvalue weighted by Crippen LogP contribution is 2.18. The number of benzene rings is 2. The molecule has 2 aromatic carbocycles.